The number of ether oxygens (including phenoxy) is 1. The average molecular weight is 479 g/mol. The van der Waals surface area contributed by atoms with E-state index in [1.54, 1.807) is 0 Å². The maximum atomic E-state index is 13.1. The van der Waals surface area contributed by atoms with Crippen molar-refractivity contribution in [3.63, 3.8) is 0 Å². The first-order valence-electron chi connectivity index (χ1n) is 9.17. The van der Waals surface area contributed by atoms with E-state index in [9.17, 15) is 26.4 Å². The zero-order valence-corrected chi connectivity index (χ0v) is 18.6. The van der Waals surface area contributed by atoms with Gasteiger partial charge in [0.2, 0.25) is 0 Å². The third kappa shape index (κ3) is 6.51. The van der Waals surface area contributed by atoms with Crippen LogP contribution in [0, 0.1) is 5.92 Å². The number of sulfonamides is 1. The molecule has 2 aromatic carbocycles. The van der Waals surface area contributed by atoms with Gasteiger partial charge in [-0.15, -0.1) is 0 Å². The van der Waals surface area contributed by atoms with Gasteiger partial charge in [0.05, 0.1) is 21.2 Å². The topological polar surface area (TPSA) is 75.7 Å². The van der Waals surface area contributed by atoms with Crippen LogP contribution in [0.4, 0.5) is 18.9 Å². The number of hydrogen-bond acceptors (Lipinski definition) is 4. The Morgan fingerprint density at radius 1 is 1.16 bits per heavy atom. The van der Waals surface area contributed by atoms with Gasteiger partial charge < -0.3 is 10.1 Å². The Morgan fingerprint density at radius 3 is 2.32 bits per heavy atom. The van der Waals surface area contributed by atoms with Crippen LogP contribution in [-0.4, -0.2) is 34.5 Å². The van der Waals surface area contributed by atoms with Crippen LogP contribution in [0.5, 0.6) is 5.75 Å². The number of rotatable bonds is 8. The van der Waals surface area contributed by atoms with Gasteiger partial charge in [0, 0.05) is 13.6 Å². The summed E-state index contributed by atoms with van der Waals surface area (Å²) in [5, 5.41) is 2.11. The number of alkyl halides is 3. The molecule has 0 unspecified atom stereocenters. The maximum absolute atomic E-state index is 13.1. The van der Waals surface area contributed by atoms with Gasteiger partial charge in [0.1, 0.15) is 5.75 Å². The summed E-state index contributed by atoms with van der Waals surface area (Å²) in [7, 11) is -3.06. The lowest BCUT2D eigenvalue weighted by Crippen LogP contribution is -2.31. The molecule has 31 heavy (non-hydrogen) atoms. The van der Waals surface area contributed by atoms with Gasteiger partial charge in [-0.2, -0.15) is 13.2 Å². The fourth-order valence-electron chi connectivity index (χ4n) is 2.45. The van der Waals surface area contributed by atoms with Gasteiger partial charge in [-0.25, -0.2) is 8.42 Å². The molecule has 1 amide bonds. The first kappa shape index (κ1) is 24.8. The Kier molecular flexibility index (Phi) is 7.82. The third-order valence-electron chi connectivity index (χ3n) is 4.18. The molecule has 0 heterocycles. The van der Waals surface area contributed by atoms with Gasteiger partial charge in [0.25, 0.3) is 15.9 Å². The number of carbonyl (C=O) groups excluding carboxylic acids is 1. The van der Waals surface area contributed by atoms with Crippen molar-refractivity contribution in [2.24, 2.45) is 5.92 Å². The van der Waals surface area contributed by atoms with Crippen molar-refractivity contribution >= 4 is 33.2 Å². The molecule has 0 saturated heterocycles. The van der Waals surface area contributed by atoms with Crippen molar-refractivity contribution in [2.45, 2.75) is 24.9 Å². The molecule has 0 radical (unpaired) electrons. The Labute approximate surface area is 184 Å². The van der Waals surface area contributed by atoms with Crippen molar-refractivity contribution in [1.82, 2.24) is 5.32 Å². The zero-order valence-electron chi connectivity index (χ0n) is 17.0. The summed E-state index contributed by atoms with van der Waals surface area (Å²) in [4.78, 5) is 11.1. The number of halogens is 4. The number of anilines is 1. The lowest BCUT2D eigenvalue weighted by Gasteiger charge is -2.21. The van der Waals surface area contributed by atoms with Crippen molar-refractivity contribution in [3.8, 4) is 5.75 Å². The van der Waals surface area contributed by atoms with E-state index in [0.29, 0.717) is 24.3 Å². The summed E-state index contributed by atoms with van der Waals surface area (Å²) in [5.74, 6) is 0.342. The Morgan fingerprint density at radius 2 is 1.77 bits per heavy atom. The summed E-state index contributed by atoms with van der Waals surface area (Å²) >= 11 is 5.56. The minimum absolute atomic E-state index is 0.195. The second kappa shape index (κ2) is 9.78. The van der Waals surface area contributed by atoms with E-state index >= 15 is 0 Å². The van der Waals surface area contributed by atoms with Crippen LogP contribution in [0.1, 0.15) is 19.4 Å². The molecule has 6 nitrogen and oxygen atoms in total. The molecule has 0 bridgehead atoms. The number of nitrogens with one attached hydrogen (secondary N) is 1. The Balaban J connectivity index is 2.14. The number of nitrogens with zero attached hydrogens (tertiary/aromatic N) is 1. The molecule has 0 atom stereocenters. The van der Waals surface area contributed by atoms with Crippen molar-refractivity contribution in [2.75, 3.05) is 24.5 Å². The van der Waals surface area contributed by atoms with E-state index in [1.165, 1.54) is 31.3 Å². The minimum Gasteiger partial charge on any atom is -0.484 e. The highest BCUT2D eigenvalue weighted by Gasteiger charge is 2.35. The fourth-order valence-corrected chi connectivity index (χ4v) is 3.90. The molecule has 170 valence electrons. The highest BCUT2D eigenvalue weighted by molar-refractivity contribution is 7.92. The summed E-state index contributed by atoms with van der Waals surface area (Å²) in [6.45, 7) is 4.23. The molecular weight excluding hydrogens is 457 g/mol. The molecular formula is C20H22ClF3N2O4S. The van der Waals surface area contributed by atoms with Crippen molar-refractivity contribution in [1.29, 1.82) is 0 Å². The standard InChI is InChI=1S/C20H22ClF3N2O4S/c1-13(2)11-25-19(27)12-30-15-6-4-14(5-7-15)26(3)31(28,29)16-8-9-18(21)17(10-16)20(22,23)24/h4-10,13H,11-12H2,1-3H3,(H,25,27). The van der Waals surface area contributed by atoms with E-state index in [-0.39, 0.29) is 18.2 Å². The molecule has 2 aromatic rings. The molecule has 0 aromatic heterocycles. The molecule has 0 fully saturated rings. The second-order valence-corrected chi connectivity index (χ2v) is 9.47. The molecule has 0 aliphatic carbocycles. The van der Waals surface area contributed by atoms with Crippen LogP contribution in [0.3, 0.4) is 0 Å². The molecule has 0 aliphatic rings. The van der Waals surface area contributed by atoms with Gasteiger partial charge in [-0.05, 0) is 48.4 Å². The quantitative estimate of drug-likeness (QED) is 0.612. The highest BCUT2D eigenvalue weighted by atomic mass is 35.5. The largest absolute Gasteiger partial charge is 0.484 e. The van der Waals surface area contributed by atoms with E-state index in [4.69, 9.17) is 16.3 Å². The second-order valence-electron chi connectivity index (χ2n) is 7.09. The number of hydrogen-bond donors (Lipinski definition) is 1. The SMILES string of the molecule is CC(C)CNC(=O)COc1ccc(N(C)S(=O)(=O)c2ccc(Cl)c(C(F)(F)F)c2)cc1. The van der Waals surface area contributed by atoms with Crippen LogP contribution in [-0.2, 0) is 21.0 Å². The molecule has 0 spiro atoms. The molecule has 11 heteroatoms. The van der Waals surface area contributed by atoms with Crippen molar-refractivity contribution in [3.05, 3.63) is 53.1 Å². The Hall–Kier alpha value is -2.46. The minimum atomic E-state index is -4.79. The van der Waals surface area contributed by atoms with Crippen molar-refractivity contribution < 1.29 is 31.1 Å². The van der Waals surface area contributed by atoms with Gasteiger partial charge >= 0.3 is 6.18 Å². The van der Waals surface area contributed by atoms with E-state index < -0.39 is 31.7 Å². The predicted octanol–water partition coefficient (Wildman–Crippen LogP) is 4.33. The smallest absolute Gasteiger partial charge is 0.417 e. The number of amides is 1. The summed E-state index contributed by atoms with van der Waals surface area (Å²) < 4.78 is 71.0. The average Bonchev–Trinajstić information content (AvgIpc) is 2.69. The van der Waals surface area contributed by atoms with E-state index in [0.717, 1.165) is 16.4 Å². The normalized spacial score (nSPS) is 12.0. The lowest BCUT2D eigenvalue weighted by molar-refractivity contribution is -0.137. The summed E-state index contributed by atoms with van der Waals surface area (Å²) in [6.07, 6.45) is -4.79. The molecule has 1 N–H and O–H groups in total. The van der Waals surface area contributed by atoms with Gasteiger partial charge in [-0.1, -0.05) is 25.4 Å². The van der Waals surface area contributed by atoms with Crippen LogP contribution in [0.25, 0.3) is 0 Å². The van der Waals surface area contributed by atoms with Crippen LogP contribution in [0.15, 0.2) is 47.4 Å². The third-order valence-corrected chi connectivity index (χ3v) is 6.29. The first-order valence-corrected chi connectivity index (χ1v) is 11.0. The summed E-state index contributed by atoms with van der Waals surface area (Å²) in [5.41, 5.74) is -1.04. The van der Waals surface area contributed by atoms with E-state index in [2.05, 4.69) is 5.32 Å². The Bertz CT molecular complexity index is 1030. The summed E-state index contributed by atoms with van der Waals surface area (Å²) in [6, 6.07) is 8.16. The van der Waals surface area contributed by atoms with Crippen LogP contribution in [0.2, 0.25) is 5.02 Å². The highest BCUT2D eigenvalue weighted by Crippen LogP contribution is 2.36. The molecule has 0 saturated carbocycles. The fraction of sp³-hybridized carbons (Fsp3) is 0.350. The predicted molar refractivity (Wildman–Crippen MR) is 112 cm³/mol. The zero-order chi connectivity index (χ0) is 23.4. The first-order chi connectivity index (χ1) is 14.3. The number of benzene rings is 2. The van der Waals surface area contributed by atoms with Gasteiger partial charge in [0.15, 0.2) is 6.61 Å². The van der Waals surface area contributed by atoms with Crippen LogP contribution < -0.4 is 14.4 Å². The van der Waals surface area contributed by atoms with Crippen LogP contribution >= 0.6 is 11.6 Å². The molecule has 0 aliphatic heterocycles. The number of carbonyl (C=O) groups is 1. The maximum Gasteiger partial charge on any atom is 0.417 e. The molecule has 2 rings (SSSR count). The van der Waals surface area contributed by atoms with Gasteiger partial charge in [-0.3, -0.25) is 9.10 Å². The lowest BCUT2D eigenvalue weighted by atomic mass is 10.2. The monoisotopic (exact) mass is 478 g/mol. The van der Waals surface area contributed by atoms with E-state index in [1.807, 2.05) is 13.8 Å².